The van der Waals surface area contributed by atoms with Gasteiger partial charge in [0.25, 0.3) is 20.2 Å². The highest BCUT2D eigenvalue weighted by Crippen LogP contribution is 2.48. The van der Waals surface area contributed by atoms with Crippen molar-refractivity contribution < 1.29 is 34.4 Å². The fourth-order valence-corrected chi connectivity index (χ4v) is 5.94. The first-order chi connectivity index (χ1) is 18.4. The lowest BCUT2D eigenvalue weighted by molar-refractivity contribution is 0.153. The SMILES string of the molecule is CN1CCN(CCCN2c3ccccc3Sc3ccc(S(=O)(=O)N(C)C)cc32)CC1.CS(=O)(=O)O.CS(=O)(=O)O. The van der Waals surface area contributed by atoms with Crippen LogP contribution >= 0.6 is 11.8 Å². The van der Waals surface area contributed by atoms with Gasteiger partial charge in [0.05, 0.1) is 28.8 Å². The number of para-hydroxylation sites is 1. The summed E-state index contributed by atoms with van der Waals surface area (Å²) in [6.07, 6.45) is 2.47. The lowest BCUT2D eigenvalue weighted by Crippen LogP contribution is -2.45. The molecule has 0 spiro atoms. The second kappa shape index (κ2) is 14.4. The number of piperazine rings is 1. The minimum Gasteiger partial charge on any atom is -0.340 e. The number of nitrogens with zero attached hydrogens (tertiary/aromatic N) is 4. The first kappa shape index (κ1) is 34.4. The summed E-state index contributed by atoms with van der Waals surface area (Å²) in [6, 6.07) is 13.9. The number of benzene rings is 2. The Morgan fingerprint density at radius 1 is 0.800 bits per heavy atom. The van der Waals surface area contributed by atoms with Crippen molar-refractivity contribution in [1.82, 2.24) is 14.1 Å². The summed E-state index contributed by atoms with van der Waals surface area (Å²) in [5.74, 6) is 0. The van der Waals surface area contributed by atoms with Gasteiger partial charge in [0.2, 0.25) is 10.0 Å². The number of anilines is 2. The normalized spacial score (nSPS) is 16.2. The summed E-state index contributed by atoms with van der Waals surface area (Å²) in [6.45, 7) is 6.40. The Morgan fingerprint density at radius 2 is 1.32 bits per heavy atom. The lowest BCUT2D eigenvalue weighted by atomic mass is 10.2. The number of rotatable bonds is 6. The van der Waals surface area contributed by atoms with Crippen LogP contribution in [0.15, 0.2) is 57.2 Å². The van der Waals surface area contributed by atoms with Crippen LogP contribution in [0.1, 0.15) is 6.42 Å². The highest BCUT2D eigenvalue weighted by Gasteiger charge is 2.26. The predicted molar refractivity (Wildman–Crippen MR) is 158 cm³/mol. The van der Waals surface area contributed by atoms with E-state index in [9.17, 15) is 25.3 Å². The van der Waals surface area contributed by atoms with Gasteiger partial charge in [-0.05, 0) is 50.3 Å². The van der Waals surface area contributed by atoms with Gasteiger partial charge >= 0.3 is 0 Å². The molecule has 0 unspecified atom stereocenters. The first-order valence-electron chi connectivity index (χ1n) is 12.2. The Balaban J connectivity index is 0.000000482. The third-order valence-corrected chi connectivity index (χ3v) is 8.77. The van der Waals surface area contributed by atoms with Gasteiger partial charge in [0.1, 0.15) is 0 Å². The fraction of sp³-hybridized carbons (Fsp3) is 0.500. The van der Waals surface area contributed by atoms with Crippen LogP contribution < -0.4 is 4.90 Å². The highest BCUT2D eigenvalue weighted by molar-refractivity contribution is 7.99. The molecule has 0 aliphatic carbocycles. The smallest absolute Gasteiger partial charge is 0.261 e. The second-order valence-corrected chi connectivity index (χ2v) is 15.8. The highest BCUT2D eigenvalue weighted by atomic mass is 32.2. The van der Waals surface area contributed by atoms with E-state index in [0.29, 0.717) is 17.4 Å². The summed E-state index contributed by atoms with van der Waals surface area (Å²) < 4.78 is 78.4. The molecule has 2 aromatic carbocycles. The van der Waals surface area contributed by atoms with Crippen molar-refractivity contribution in [3.8, 4) is 0 Å². The Morgan fingerprint density at radius 3 is 1.88 bits per heavy atom. The molecule has 2 aromatic rings. The van der Waals surface area contributed by atoms with E-state index in [1.807, 2.05) is 12.1 Å². The van der Waals surface area contributed by atoms with Crippen LogP contribution in [-0.2, 0) is 30.3 Å². The van der Waals surface area contributed by atoms with E-state index in [4.69, 9.17) is 9.11 Å². The Bertz CT molecular complexity index is 1410. The van der Waals surface area contributed by atoms with E-state index in [1.54, 1.807) is 31.9 Å². The molecule has 2 N–H and O–H groups in total. The zero-order valence-corrected chi connectivity index (χ0v) is 26.5. The van der Waals surface area contributed by atoms with Crippen molar-refractivity contribution in [2.75, 3.05) is 77.8 Å². The maximum Gasteiger partial charge on any atom is 0.261 e. The summed E-state index contributed by atoms with van der Waals surface area (Å²) in [4.78, 5) is 9.86. The van der Waals surface area contributed by atoms with Gasteiger partial charge in [-0.3, -0.25) is 9.11 Å². The summed E-state index contributed by atoms with van der Waals surface area (Å²) in [5, 5.41) is 0. The number of hydrogen-bond acceptors (Lipinski definition) is 10. The molecule has 2 aliphatic rings. The molecule has 2 heterocycles. The van der Waals surface area contributed by atoms with E-state index >= 15 is 0 Å². The molecule has 0 saturated carbocycles. The van der Waals surface area contributed by atoms with Gasteiger partial charge in [-0.25, -0.2) is 12.7 Å². The molecule has 1 fully saturated rings. The van der Waals surface area contributed by atoms with E-state index < -0.39 is 30.3 Å². The summed E-state index contributed by atoms with van der Waals surface area (Å²) >= 11 is 1.71. The second-order valence-electron chi connectivity index (χ2n) is 9.60. The van der Waals surface area contributed by atoms with Crippen molar-refractivity contribution >= 4 is 53.4 Å². The molecule has 0 atom stereocenters. The van der Waals surface area contributed by atoms with Crippen LogP contribution in [0.5, 0.6) is 0 Å². The van der Waals surface area contributed by atoms with Crippen LogP contribution in [0.2, 0.25) is 0 Å². The van der Waals surface area contributed by atoms with E-state index in [1.165, 1.54) is 9.20 Å². The topological polar surface area (TPSA) is 156 Å². The largest absolute Gasteiger partial charge is 0.340 e. The van der Waals surface area contributed by atoms with Gasteiger partial charge in [-0.1, -0.05) is 23.9 Å². The van der Waals surface area contributed by atoms with Gasteiger partial charge in [-0.2, -0.15) is 16.8 Å². The standard InChI is InChI=1S/C22H30N4O2S2.2CH4O3S/c1-23(2)30(27,28)18-9-10-22-20(17-18)26(19-7-4-5-8-21(19)29-22)12-6-11-25-15-13-24(3)14-16-25;2*1-5(2,3)4/h4-5,7-10,17H,6,11-16H2,1-3H3;2*1H3,(H,2,3,4). The van der Waals surface area contributed by atoms with Crippen LogP contribution in [0.3, 0.4) is 0 Å². The van der Waals surface area contributed by atoms with Crippen LogP contribution in [0.25, 0.3) is 0 Å². The van der Waals surface area contributed by atoms with Crippen molar-refractivity contribution in [2.24, 2.45) is 0 Å². The van der Waals surface area contributed by atoms with Crippen molar-refractivity contribution in [1.29, 1.82) is 0 Å². The number of sulfonamides is 1. The fourth-order valence-electron chi connectivity index (χ4n) is 3.95. The number of likely N-dealkylation sites (N-methyl/N-ethyl adjacent to an activating group) is 1. The predicted octanol–water partition coefficient (Wildman–Crippen LogP) is 2.19. The molecule has 12 nitrogen and oxygen atoms in total. The van der Waals surface area contributed by atoms with Crippen molar-refractivity contribution in [3.63, 3.8) is 0 Å². The van der Waals surface area contributed by atoms with Crippen LogP contribution in [0.4, 0.5) is 11.4 Å². The molecule has 0 radical (unpaired) electrons. The van der Waals surface area contributed by atoms with E-state index in [-0.39, 0.29) is 0 Å². The van der Waals surface area contributed by atoms with Crippen molar-refractivity contribution in [2.45, 2.75) is 21.1 Å². The first-order valence-corrected chi connectivity index (χ1v) is 18.2. The van der Waals surface area contributed by atoms with Gasteiger partial charge in [-0.15, -0.1) is 0 Å². The molecule has 226 valence electrons. The van der Waals surface area contributed by atoms with Crippen molar-refractivity contribution in [3.05, 3.63) is 42.5 Å². The number of hydrogen-bond donors (Lipinski definition) is 2. The zero-order valence-electron chi connectivity index (χ0n) is 23.3. The molecule has 16 heteroatoms. The third-order valence-electron chi connectivity index (χ3n) is 5.83. The quantitative estimate of drug-likeness (QED) is 0.446. The Hall–Kier alpha value is -1.76. The number of fused-ring (bicyclic) bond motifs is 2. The monoisotopic (exact) mass is 638 g/mol. The molecular weight excluding hydrogens is 601 g/mol. The molecule has 40 heavy (non-hydrogen) atoms. The van der Waals surface area contributed by atoms with Crippen LogP contribution in [0, 0.1) is 0 Å². The Kier molecular flexibility index (Phi) is 12.4. The minimum absolute atomic E-state index is 0.343. The van der Waals surface area contributed by atoms with Gasteiger partial charge in [0.15, 0.2) is 0 Å². The maximum atomic E-state index is 12.7. The average Bonchev–Trinajstić information content (AvgIpc) is 2.82. The molecule has 4 rings (SSSR count). The lowest BCUT2D eigenvalue weighted by Gasteiger charge is -2.35. The molecule has 0 amide bonds. The molecule has 1 saturated heterocycles. The zero-order chi connectivity index (χ0) is 30.3. The molecular formula is C24H38N4O8S4. The van der Waals surface area contributed by atoms with E-state index in [0.717, 1.165) is 62.0 Å². The summed E-state index contributed by atoms with van der Waals surface area (Å²) in [5.41, 5.74) is 2.15. The average molecular weight is 639 g/mol. The van der Waals surface area contributed by atoms with Crippen LogP contribution in [-0.4, -0.2) is 121 Å². The van der Waals surface area contributed by atoms with Gasteiger partial charge in [0, 0.05) is 56.6 Å². The Labute approximate surface area is 242 Å². The summed E-state index contributed by atoms with van der Waals surface area (Å²) in [7, 11) is -5.47. The van der Waals surface area contributed by atoms with Gasteiger partial charge < -0.3 is 14.7 Å². The van der Waals surface area contributed by atoms with E-state index in [2.05, 4.69) is 46.0 Å². The minimum atomic E-state index is -3.67. The molecule has 0 aromatic heterocycles. The maximum absolute atomic E-state index is 12.7. The molecule has 2 aliphatic heterocycles. The third kappa shape index (κ3) is 11.6. The molecule has 0 bridgehead atoms.